The second-order valence-corrected chi connectivity index (χ2v) is 1.98. The van der Waals surface area contributed by atoms with Crippen LogP contribution < -0.4 is 5.32 Å². The number of aliphatic hydroxyl groups excluding tert-OH is 2. The van der Waals surface area contributed by atoms with E-state index in [-0.39, 0.29) is 0 Å². The quantitative estimate of drug-likeness (QED) is 0.414. The molecule has 0 aromatic rings. The molecule has 5 heteroatoms. The van der Waals surface area contributed by atoms with Gasteiger partial charge in [-0.3, -0.25) is 0 Å². The summed E-state index contributed by atoms with van der Waals surface area (Å²) in [7, 11) is 0. The molecule has 0 aromatic heterocycles. The zero-order chi connectivity index (χ0) is 8.15. The molecule has 0 saturated heterocycles. The van der Waals surface area contributed by atoms with E-state index in [2.05, 4.69) is 0 Å². The highest BCUT2D eigenvalue weighted by atomic mass is 16.4. The van der Waals surface area contributed by atoms with Crippen molar-refractivity contribution in [2.75, 3.05) is 6.61 Å². The fourth-order valence-corrected chi connectivity index (χ4v) is 0.477. The largest absolute Gasteiger partial charge is 0.465 e. The second-order valence-electron chi connectivity index (χ2n) is 1.98. The van der Waals surface area contributed by atoms with Crippen molar-refractivity contribution >= 4 is 6.09 Å². The van der Waals surface area contributed by atoms with Crippen molar-refractivity contribution in [2.45, 2.75) is 19.1 Å². The number of carboxylic acid groups (broad SMARTS) is 1. The van der Waals surface area contributed by atoms with E-state index in [1.54, 1.807) is 0 Å². The van der Waals surface area contributed by atoms with Gasteiger partial charge in [-0.15, -0.1) is 0 Å². The third kappa shape index (κ3) is 3.26. The third-order valence-corrected chi connectivity index (χ3v) is 1.09. The first-order valence-electron chi connectivity index (χ1n) is 2.86. The van der Waals surface area contributed by atoms with E-state index < -0.39 is 24.8 Å². The van der Waals surface area contributed by atoms with Gasteiger partial charge in [0.15, 0.2) is 0 Å². The van der Waals surface area contributed by atoms with Gasteiger partial charge in [-0.2, -0.15) is 0 Å². The van der Waals surface area contributed by atoms with Gasteiger partial charge < -0.3 is 20.6 Å². The minimum Gasteiger partial charge on any atom is -0.465 e. The number of nitrogens with one attached hydrogen (secondary N) is 1. The van der Waals surface area contributed by atoms with E-state index in [1.165, 1.54) is 6.92 Å². The minimum atomic E-state index is -1.25. The molecule has 0 rings (SSSR count). The lowest BCUT2D eigenvalue weighted by Gasteiger charge is -2.16. The molecule has 0 aliphatic rings. The number of amides is 1. The molecule has 0 heterocycles. The van der Waals surface area contributed by atoms with Gasteiger partial charge in [-0.1, -0.05) is 0 Å². The number of hydrogen-bond acceptors (Lipinski definition) is 3. The molecule has 1 amide bonds. The van der Waals surface area contributed by atoms with E-state index >= 15 is 0 Å². The maximum Gasteiger partial charge on any atom is 0.405 e. The first kappa shape index (κ1) is 9.19. The average Bonchev–Trinajstić information content (AvgIpc) is 1.81. The number of aliphatic hydroxyl groups is 2. The second kappa shape index (κ2) is 4.08. The van der Waals surface area contributed by atoms with Crippen LogP contribution in [-0.2, 0) is 0 Å². The molecule has 5 nitrogen and oxygen atoms in total. The van der Waals surface area contributed by atoms with Crippen LogP contribution in [0, 0.1) is 0 Å². The Kier molecular flexibility index (Phi) is 3.75. The van der Waals surface area contributed by atoms with Crippen LogP contribution in [0.4, 0.5) is 4.79 Å². The molecule has 10 heavy (non-hydrogen) atoms. The summed E-state index contributed by atoms with van der Waals surface area (Å²) in [5.41, 5.74) is 0. The van der Waals surface area contributed by atoms with Crippen molar-refractivity contribution in [1.29, 1.82) is 0 Å². The Bertz CT molecular complexity index is 114. The maximum atomic E-state index is 9.94. The molecular formula is C5H11NO4. The molecule has 2 atom stereocenters. The first-order valence-corrected chi connectivity index (χ1v) is 2.86. The molecule has 0 radical (unpaired) electrons. The molecule has 0 aliphatic carbocycles. The lowest BCUT2D eigenvalue weighted by atomic mass is 10.2. The van der Waals surface area contributed by atoms with Gasteiger partial charge in [-0.05, 0) is 6.92 Å². The van der Waals surface area contributed by atoms with Crippen LogP contribution in [0.15, 0.2) is 0 Å². The summed E-state index contributed by atoms with van der Waals surface area (Å²) < 4.78 is 0. The Labute approximate surface area is 58.3 Å². The van der Waals surface area contributed by atoms with Gasteiger partial charge in [0.1, 0.15) is 0 Å². The molecule has 4 N–H and O–H groups in total. The highest BCUT2D eigenvalue weighted by molar-refractivity contribution is 5.64. The minimum absolute atomic E-state index is 0.399. The lowest BCUT2D eigenvalue weighted by Crippen LogP contribution is -2.43. The highest BCUT2D eigenvalue weighted by Gasteiger charge is 2.14. The third-order valence-electron chi connectivity index (χ3n) is 1.09. The lowest BCUT2D eigenvalue weighted by molar-refractivity contribution is 0.0988. The Morgan fingerprint density at radius 2 is 2.20 bits per heavy atom. The van der Waals surface area contributed by atoms with Crippen LogP contribution >= 0.6 is 0 Å². The monoisotopic (exact) mass is 149 g/mol. The fraction of sp³-hybridized carbons (Fsp3) is 0.800. The fourth-order valence-electron chi connectivity index (χ4n) is 0.477. The predicted molar refractivity (Wildman–Crippen MR) is 33.7 cm³/mol. The molecule has 0 aliphatic heterocycles. The smallest absolute Gasteiger partial charge is 0.405 e. The van der Waals surface area contributed by atoms with Crippen LogP contribution in [0.1, 0.15) is 6.92 Å². The van der Waals surface area contributed by atoms with E-state index in [9.17, 15) is 4.79 Å². The highest BCUT2D eigenvalue weighted by Crippen LogP contribution is 1.89. The Balaban J connectivity index is 3.71. The van der Waals surface area contributed by atoms with Crippen molar-refractivity contribution in [2.24, 2.45) is 0 Å². The van der Waals surface area contributed by atoms with Crippen LogP contribution in [0.2, 0.25) is 0 Å². The summed E-state index contributed by atoms with van der Waals surface area (Å²) >= 11 is 0. The van der Waals surface area contributed by atoms with Gasteiger partial charge in [0.25, 0.3) is 0 Å². The van der Waals surface area contributed by atoms with Gasteiger partial charge >= 0.3 is 6.09 Å². The number of carbonyl (C=O) groups is 1. The van der Waals surface area contributed by atoms with Gasteiger partial charge in [0, 0.05) is 0 Å². The van der Waals surface area contributed by atoms with Crippen LogP contribution in [0.5, 0.6) is 0 Å². The number of rotatable bonds is 3. The van der Waals surface area contributed by atoms with Gasteiger partial charge in [0.2, 0.25) is 0 Å². The van der Waals surface area contributed by atoms with Gasteiger partial charge in [0.05, 0.1) is 18.8 Å². The van der Waals surface area contributed by atoms with Crippen molar-refractivity contribution in [3.63, 3.8) is 0 Å². The summed E-state index contributed by atoms with van der Waals surface area (Å²) in [6, 6.07) is -0.794. The summed E-state index contributed by atoms with van der Waals surface area (Å²) in [4.78, 5) is 9.94. The van der Waals surface area contributed by atoms with Crippen LogP contribution in [0.25, 0.3) is 0 Å². The van der Waals surface area contributed by atoms with E-state index in [4.69, 9.17) is 15.3 Å². The molecule has 0 bridgehead atoms. The first-order chi connectivity index (χ1) is 4.57. The molecule has 0 unspecified atom stereocenters. The Hall–Kier alpha value is -0.810. The topological polar surface area (TPSA) is 89.8 Å². The van der Waals surface area contributed by atoms with Crippen molar-refractivity contribution in [3.05, 3.63) is 0 Å². The van der Waals surface area contributed by atoms with Crippen LogP contribution in [-0.4, -0.2) is 40.2 Å². The zero-order valence-electron chi connectivity index (χ0n) is 5.61. The molecular weight excluding hydrogens is 138 g/mol. The maximum absolute atomic E-state index is 9.94. The molecule has 0 saturated carbocycles. The zero-order valence-corrected chi connectivity index (χ0v) is 5.61. The van der Waals surface area contributed by atoms with Crippen molar-refractivity contribution < 1.29 is 20.1 Å². The summed E-state index contributed by atoms with van der Waals surface area (Å²) in [6.07, 6.45) is -2.12. The van der Waals surface area contributed by atoms with Gasteiger partial charge in [-0.25, -0.2) is 4.79 Å². The number of hydrogen-bond donors (Lipinski definition) is 4. The van der Waals surface area contributed by atoms with E-state index in [0.717, 1.165) is 0 Å². The summed E-state index contributed by atoms with van der Waals surface area (Å²) in [5, 5.41) is 27.3. The molecule has 0 spiro atoms. The standard InChI is InChI=1S/C5H11NO4/c1-3(8)4(2-7)6-5(9)10/h3-4,6-8H,2H2,1H3,(H,9,10)/t3-,4-/m0/s1. The van der Waals surface area contributed by atoms with Crippen molar-refractivity contribution in [3.8, 4) is 0 Å². The predicted octanol–water partition coefficient (Wildman–Crippen LogP) is -1.00. The molecule has 60 valence electrons. The van der Waals surface area contributed by atoms with Crippen LogP contribution in [0.3, 0.4) is 0 Å². The molecule has 0 aromatic carbocycles. The Morgan fingerprint density at radius 3 is 2.30 bits per heavy atom. The normalized spacial score (nSPS) is 15.9. The SMILES string of the molecule is C[C@H](O)[C@H](CO)NC(=O)O. The molecule has 0 fully saturated rings. The average molecular weight is 149 g/mol. The van der Waals surface area contributed by atoms with Crippen molar-refractivity contribution in [1.82, 2.24) is 5.32 Å². The Morgan fingerprint density at radius 1 is 1.70 bits per heavy atom. The van der Waals surface area contributed by atoms with E-state index in [1.807, 2.05) is 5.32 Å². The van der Waals surface area contributed by atoms with E-state index in [0.29, 0.717) is 0 Å². The summed E-state index contributed by atoms with van der Waals surface area (Å²) in [6.45, 7) is 1.00. The summed E-state index contributed by atoms with van der Waals surface area (Å²) in [5.74, 6) is 0.